The Morgan fingerprint density at radius 2 is 2.29 bits per heavy atom. The molecule has 1 aliphatic heterocycles. The first kappa shape index (κ1) is 14.8. The van der Waals surface area contributed by atoms with Crippen LogP contribution < -0.4 is 10.6 Å². The highest BCUT2D eigenvalue weighted by Gasteiger charge is 2.36. The fourth-order valence-corrected chi connectivity index (χ4v) is 3.90. The van der Waals surface area contributed by atoms with Gasteiger partial charge < -0.3 is 10.6 Å². The first-order valence-corrected chi connectivity index (χ1v) is 8.91. The molecule has 2 fully saturated rings. The van der Waals surface area contributed by atoms with Gasteiger partial charge in [0.25, 0.3) is 5.91 Å². The molecular weight excluding hydrogens is 286 g/mol. The normalized spacial score (nSPS) is 21.8. The van der Waals surface area contributed by atoms with Crippen LogP contribution in [0.5, 0.6) is 0 Å². The number of aromatic nitrogens is 3. The lowest BCUT2D eigenvalue weighted by Gasteiger charge is -2.40. The maximum Gasteiger partial charge on any atom is 0.273 e. The Bertz CT molecular complexity index is 488. The third-order valence-electron chi connectivity index (χ3n) is 4.69. The summed E-state index contributed by atoms with van der Waals surface area (Å²) < 4.78 is 2.10. The molecule has 1 saturated carbocycles. The molecule has 2 N–H and O–H groups in total. The van der Waals surface area contributed by atoms with Gasteiger partial charge in [0.2, 0.25) is 0 Å². The van der Waals surface area contributed by atoms with Crippen molar-refractivity contribution in [2.24, 2.45) is 0 Å². The molecule has 1 saturated heterocycles. The number of carbonyl (C=O) groups is 1. The molecule has 1 aromatic heterocycles. The van der Waals surface area contributed by atoms with Crippen molar-refractivity contribution in [3.8, 4) is 0 Å². The summed E-state index contributed by atoms with van der Waals surface area (Å²) in [6.45, 7) is 2.73. The van der Waals surface area contributed by atoms with Crippen LogP contribution in [-0.2, 0) is 0 Å². The molecule has 3 rings (SSSR count). The number of amides is 1. The van der Waals surface area contributed by atoms with Crippen LogP contribution >= 0.6 is 11.8 Å². The van der Waals surface area contributed by atoms with E-state index in [1.165, 1.54) is 19.3 Å². The van der Waals surface area contributed by atoms with E-state index in [1.54, 1.807) is 6.20 Å². The average Bonchev–Trinajstić information content (AvgIpc) is 2.97. The van der Waals surface area contributed by atoms with Crippen LogP contribution in [-0.4, -0.2) is 51.5 Å². The van der Waals surface area contributed by atoms with Crippen LogP contribution in [0.25, 0.3) is 0 Å². The molecule has 7 heteroatoms. The summed E-state index contributed by atoms with van der Waals surface area (Å²) in [4.78, 5) is 12.2. The monoisotopic (exact) mass is 309 g/mol. The SMILES string of the molecule is CSC1(CNC(=O)c2cn(C3CCNCC3)nn2)CCC1. The molecule has 1 aromatic rings. The Labute approximate surface area is 129 Å². The van der Waals surface area contributed by atoms with Crippen molar-refractivity contribution in [3.63, 3.8) is 0 Å². The van der Waals surface area contributed by atoms with E-state index >= 15 is 0 Å². The van der Waals surface area contributed by atoms with Gasteiger partial charge in [0.05, 0.1) is 12.2 Å². The minimum Gasteiger partial charge on any atom is -0.349 e. The van der Waals surface area contributed by atoms with Crippen molar-refractivity contribution in [2.75, 3.05) is 25.9 Å². The number of nitrogens with one attached hydrogen (secondary N) is 2. The molecule has 2 aliphatic rings. The van der Waals surface area contributed by atoms with Gasteiger partial charge >= 0.3 is 0 Å². The van der Waals surface area contributed by atoms with E-state index in [1.807, 2.05) is 16.4 Å². The lowest BCUT2D eigenvalue weighted by molar-refractivity contribution is 0.0939. The van der Waals surface area contributed by atoms with Crippen LogP contribution in [0.1, 0.15) is 48.6 Å². The van der Waals surface area contributed by atoms with Gasteiger partial charge in [-0.3, -0.25) is 4.79 Å². The number of piperidine rings is 1. The fourth-order valence-electron chi connectivity index (χ4n) is 2.99. The number of carbonyl (C=O) groups excluding carboxylic acids is 1. The minimum atomic E-state index is -0.101. The van der Waals surface area contributed by atoms with Crippen molar-refractivity contribution in [1.82, 2.24) is 25.6 Å². The van der Waals surface area contributed by atoms with E-state index in [-0.39, 0.29) is 10.7 Å². The van der Waals surface area contributed by atoms with Gasteiger partial charge in [-0.25, -0.2) is 4.68 Å². The summed E-state index contributed by atoms with van der Waals surface area (Å²) in [7, 11) is 0. The molecule has 21 heavy (non-hydrogen) atoms. The molecule has 1 amide bonds. The zero-order valence-electron chi connectivity index (χ0n) is 12.5. The molecular formula is C14H23N5OS. The topological polar surface area (TPSA) is 71.8 Å². The molecule has 0 spiro atoms. The van der Waals surface area contributed by atoms with E-state index in [9.17, 15) is 4.79 Å². The minimum absolute atomic E-state index is 0.101. The summed E-state index contributed by atoms with van der Waals surface area (Å²) in [5.41, 5.74) is 0.434. The summed E-state index contributed by atoms with van der Waals surface area (Å²) in [6, 6.07) is 0.365. The van der Waals surface area contributed by atoms with Crippen LogP contribution in [0, 0.1) is 0 Å². The Kier molecular flexibility index (Phi) is 4.49. The predicted molar refractivity (Wildman–Crippen MR) is 83.6 cm³/mol. The summed E-state index contributed by atoms with van der Waals surface area (Å²) in [5.74, 6) is -0.101. The molecule has 2 heterocycles. The van der Waals surface area contributed by atoms with Crippen molar-refractivity contribution in [3.05, 3.63) is 11.9 Å². The highest BCUT2D eigenvalue weighted by atomic mass is 32.2. The number of nitrogens with zero attached hydrogens (tertiary/aromatic N) is 3. The first-order valence-electron chi connectivity index (χ1n) is 7.68. The quantitative estimate of drug-likeness (QED) is 0.855. The molecule has 0 radical (unpaired) electrons. The van der Waals surface area contributed by atoms with Gasteiger partial charge in [-0.05, 0) is 45.0 Å². The Morgan fingerprint density at radius 3 is 2.90 bits per heavy atom. The highest BCUT2D eigenvalue weighted by molar-refractivity contribution is 8.00. The second-order valence-corrected chi connectivity index (χ2v) is 7.26. The Hall–Kier alpha value is -1.08. The number of hydrogen-bond acceptors (Lipinski definition) is 5. The Morgan fingerprint density at radius 1 is 1.52 bits per heavy atom. The largest absolute Gasteiger partial charge is 0.349 e. The zero-order chi connectivity index (χ0) is 14.7. The van der Waals surface area contributed by atoms with Gasteiger partial charge in [-0.2, -0.15) is 11.8 Å². The van der Waals surface area contributed by atoms with Crippen molar-refractivity contribution in [1.29, 1.82) is 0 Å². The van der Waals surface area contributed by atoms with Crippen molar-refractivity contribution < 1.29 is 4.79 Å². The number of hydrogen-bond donors (Lipinski definition) is 2. The third-order valence-corrected chi connectivity index (χ3v) is 6.11. The highest BCUT2D eigenvalue weighted by Crippen LogP contribution is 2.42. The van der Waals surface area contributed by atoms with Gasteiger partial charge in [-0.15, -0.1) is 5.10 Å². The Balaban J connectivity index is 1.56. The molecule has 0 bridgehead atoms. The van der Waals surface area contributed by atoms with Crippen molar-refractivity contribution >= 4 is 17.7 Å². The molecule has 0 atom stereocenters. The molecule has 0 unspecified atom stereocenters. The second-order valence-electron chi connectivity index (χ2n) is 5.99. The third kappa shape index (κ3) is 3.23. The van der Waals surface area contributed by atoms with Gasteiger partial charge in [0, 0.05) is 11.3 Å². The summed E-state index contributed by atoms with van der Waals surface area (Å²) >= 11 is 1.86. The lowest BCUT2D eigenvalue weighted by Crippen LogP contribution is -2.45. The zero-order valence-corrected chi connectivity index (χ0v) is 13.3. The van der Waals surface area contributed by atoms with E-state index in [0.29, 0.717) is 11.7 Å². The smallest absolute Gasteiger partial charge is 0.273 e. The van der Waals surface area contributed by atoms with Gasteiger partial charge in [0.15, 0.2) is 5.69 Å². The fraction of sp³-hybridized carbons (Fsp3) is 0.786. The van der Waals surface area contributed by atoms with E-state index in [4.69, 9.17) is 0 Å². The molecule has 1 aliphatic carbocycles. The number of thioether (sulfide) groups is 1. The van der Waals surface area contributed by atoms with E-state index < -0.39 is 0 Å². The standard InChI is InChI=1S/C14H23N5OS/c1-21-14(5-2-6-14)10-16-13(20)12-9-19(18-17-12)11-3-7-15-8-4-11/h9,11,15H,2-8,10H2,1H3,(H,16,20). The lowest BCUT2D eigenvalue weighted by atomic mass is 9.84. The maximum absolute atomic E-state index is 12.2. The predicted octanol–water partition coefficient (Wildman–Crippen LogP) is 1.22. The maximum atomic E-state index is 12.2. The number of rotatable bonds is 5. The molecule has 116 valence electrons. The van der Waals surface area contributed by atoms with Crippen LogP contribution in [0.3, 0.4) is 0 Å². The average molecular weight is 309 g/mol. The first-order chi connectivity index (χ1) is 10.2. The van der Waals surface area contributed by atoms with Crippen LogP contribution in [0.2, 0.25) is 0 Å². The van der Waals surface area contributed by atoms with E-state index in [0.717, 1.165) is 32.5 Å². The molecule has 0 aromatic carbocycles. The van der Waals surface area contributed by atoms with Gasteiger partial charge in [0.1, 0.15) is 0 Å². The van der Waals surface area contributed by atoms with E-state index in [2.05, 4.69) is 27.2 Å². The summed E-state index contributed by atoms with van der Waals surface area (Å²) in [5, 5.41) is 14.5. The van der Waals surface area contributed by atoms with Crippen molar-refractivity contribution in [2.45, 2.75) is 42.9 Å². The summed E-state index contributed by atoms with van der Waals surface area (Å²) in [6.07, 6.45) is 9.64. The second kappa shape index (κ2) is 6.36. The van der Waals surface area contributed by atoms with Crippen LogP contribution in [0.15, 0.2) is 6.20 Å². The molecule has 6 nitrogen and oxygen atoms in total. The van der Waals surface area contributed by atoms with Gasteiger partial charge in [-0.1, -0.05) is 11.6 Å². The van der Waals surface area contributed by atoms with Crippen LogP contribution in [0.4, 0.5) is 0 Å².